The van der Waals surface area contributed by atoms with Crippen molar-refractivity contribution >= 4 is 17.1 Å². The average molecular weight is 204 g/mol. The molecule has 0 aliphatic rings. The summed E-state index contributed by atoms with van der Waals surface area (Å²) in [6.07, 6.45) is 0.417. The van der Waals surface area contributed by atoms with Gasteiger partial charge in [0.25, 0.3) is 0 Å². The van der Waals surface area contributed by atoms with Crippen LogP contribution >= 0.6 is 0 Å². The molecular formula is C9H24OSi2. The molecule has 0 aliphatic carbocycles. The Hall–Kier alpha value is 0.394. The van der Waals surface area contributed by atoms with Gasteiger partial charge in [0.05, 0.1) is 0 Å². The van der Waals surface area contributed by atoms with Crippen LogP contribution in [0.5, 0.6) is 0 Å². The lowest BCUT2D eigenvalue weighted by molar-refractivity contribution is 0.232. The van der Waals surface area contributed by atoms with Gasteiger partial charge in [-0.2, -0.15) is 0 Å². The molecule has 0 fully saturated rings. The highest BCUT2D eigenvalue weighted by Crippen LogP contribution is 2.17. The van der Waals surface area contributed by atoms with E-state index in [9.17, 15) is 0 Å². The molecule has 74 valence electrons. The van der Waals surface area contributed by atoms with Gasteiger partial charge in [-0.05, 0) is 33.0 Å². The molecule has 0 unspecified atom stereocenters. The van der Waals surface area contributed by atoms with Crippen molar-refractivity contribution in [3.8, 4) is 0 Å². The molecule has 0 atom stereocenters. The third-order valence-corrected chi connectivity index (χ3v) is 6.50. The molecule has 12 heavy (non-hydrogen) atoms. The maximum atomic E-state index is 5.95. The summed E-state index contributed by atoms with van der Waals surface area (Å²) in [5.74, 6) is 0. The van der Waals surface area contributed by atoms with Crippen LogP contribution < -0.4 is 0 Å². The van der Waals surface area contributed by atoms with Crippen LogP contribution in [-0.2, 0) is 4.43 Å². The minimum atomic E-state index is -1.29. The van der Waals surface area contributed by atoms with Gasteiger partial charge in [-0.3, -0.25) is 0 Å². The summed E-state index contributed by atoms with van der Waals surface area (Å²) in [6.45, 7) is 13.8. The predicted molar refractivity (Wildman–Crippen MR) is 62.2 cm³/mol. The van der Waals surface area contributed by atoms with Crippen LogP contribution in [0, 0.1) is 0 Å². The molecule has 0 rings (SSSR count). The molecule has 0 radical (unpaired) electrons. The van der Waals surface area contributed by atoms with E-state index in [4.69, 9.17) is 4.43 Å². The fourth-order valence-electron chi connectivity index (χ4n) is 1.33. The molecule has 0 saturated carbocycles. The summed E-state index contributed by atoms with van der Waals surface area (Å²) in [5, 5.41) is 0. The number of hydrogen-bond donors (Lipinski definition) is 0. The molecule has 0 amide bonds. The lowest BCUT2D eigenvalue weighted by atomic mass is 10.5. The monoisotopic (exact) mass is 204 g/mol. The summed E-state index contributed by atoms with van der Waals surface area (Å²) in [5.41, 5.74) is 0. The molecule has 0 aromatic heterocycles. The molecular weight excluding hydrogens is 180 g/mol. The van der Waals surface area contributed by atoms with Crippen molar-refractivity contribution in [3.63, 3.8) is 0 Å². The Morgan fingerprint density at radius 3 is 2.08 bits per heavy atom. The molecule has 0 aliphatic heterocycles. The Kier molecular flexibility index (Phi) is 5.36. The molecule has 0 aromatic carbocycles. The van der Waals surface area contributed by atoms with Crippen molar-refractivity contribution in [2.75, 3.05) is 0 Å². The van der Waals surface area contributed by atoms with E-state index in [1.165, 1.54) is 12.1 Å². The Balaban J connectivity index is 3.71. The zero-order valence-electron chi connectivity index (χ0n) is 9.48. The first kappa shape index (κ1) is 12.4. The van der Waals surface area contributed by atoms with Crippen LogP contribution in [0.2, 0.25) is 38.3 Å². The second-order valence-electron chi connectivity index (χ2n) is 4.86. The van der Waals surface area contributed by atoms with E-state index in [1.54, 1.807) is 0 Å². The van der Waals surface area contributed by atoms with Crippen molar-refractivity contribution < 1.29 is 4.43 Å². The Bertz CT molecular complexity index is 122. The normalized spacial score (nSPS) is 13.0. The van der Waals surface area contributed by atoms with Crippen molar-refractivity contribution in [1.29, 1.82) is 0 Å². The Labute approximate surface area is 80.3 Å². The van der Waals surface area contributed by atoms with Crippen molar-refractivity contribution in [2.24, 2.45) is 0 Å². The van der Waals surface area contributed by atoms with Crippen molar-refractivity contribution in [3.05, 3.63) is 0 Å². The van der Waals surface area contributed by atoms with E-state index in [0.29, 0.717) is 6.10 Å². The molecule has 0 N–H and O–H groups in total. The summed E-state index contributed by atoms with van der Waals surface area (Å²) in [6, 6.07) is 2.81. The van der Waals surface area contributed by atoms with Crippen LogP contribution in [0.3, 0.4) is 0 Å². The highest BCUT2D eigenvalue weighted by Gasteiger charge is 2.23. The van der Waals surface area contributed by atoms with E-state index in [1.807, 2.05) is 0 Å². The highest BCUT2D eigenvalue weighted by molar-refractivity contribution is 6.72. The molecule has 0 spiro atoms. The molecule has 0 aromatic rings. The molecule has 1 nitrogen and oxygen atoms in total. The SMILES string of the molecule is CC(C)O[Si](C)(C)CC[SiH](C)C. The van der Waals surface area contributed by atoms with Crippen LogP contribution in [0.4, 0.5) is 0 Å². The van der Waals surface area contributed by atoms with Crippen molar-refractivity contribution in [1.82, 2.24) is 0 Å². The molecule has 0 saturated heterocycles. The van der Waals surface area contributed by atoms with Gasteiger partial charge in [-0.1, -0.05) is 19.1 Å². The lowest BCUT2D eigenvalue weighted by Gasteiger charge is -2.26. The van der Waals surface area contributed by atoms with Crippen LogP contribution in [-0.4, -0.2) is 23.2 Å². The molecule has 0 bridgehead atoms. The second kappa shape index (κ2) is 5.19. The largest absolute Gasteiger partial charge is 0.415 e. The van der Waals surface area contributed by atoms with E-state index in [0.717, 1.165) is 0 Å². The smallest absolute Gasteiger partial charge is 0.186 e. The molecule has 0 heterocycles. The van der Waals surface area contributed by atoms with E-state index >= 15 is 0 Å². The van der Waals surface area contributed by atoms with E-state index in [-0.39, 0.29) is 8.80 Å². The summed E-state index contributed by atoms with van der Waals surface area (Å²) in [4.78, 5) is 0. The quantitative estimate of drug-likeness (QED) is 0.625. The Morgan fingerprint density at radius 2 is 1.75 bits per heavy atom. The van der Waals surface area contributed by atoms with Gasteiger partial charge in [-0.25, -0.2) is 0 Å². The topological polar surface area (TPSA) is 9.23 Å². The van der Waals surface area contributed by atoms with E-state index in [2.05, 4.69) is 40.0 Å². The van der Waals surface area contributed by atoms with Crippen LogP contribution in [0.15, 0.2) is 0 Å². The van der Waals surface area contributed by atoms with Gasteiger partial charge in [0.2, 0.25) is 0 Å². The molecule has 3 heteroatoms. The van der Waals surface area contributed by atoms with Gasteiger partial charge in [0.1, 0.15) is 0 Å². The van der Waals surface area contributed by atoms with Crippen LogP contribution in [0.25, 0.3) is 0 Å². The number of hydrogen-bond acceptors (Lipinski definition) is 1. The van der Waals surface area contributed by atoms with Gasteiger partial charge in [-0.15, -0.1) is 0 Å². The summed E-state index contributed by atoms with van der Waals surface area (Å²) in [7, 11) is -1.66. The highest BCUT2D eigenvalue weighted by atomic mass is 28.4. The van der Waals surface area contributed by atoms with Gasteiger partial charge in [0, 0.05) is 14.9 Å². The fourth-order valence-corrected chi connectivity index (χ4v) is 7.82. The first-order valence-corrected chi connectivity index (χ1v) is 11.3. The average Bonchev–Trinajstić information content (AvgIpc) is 1.81. The zero-order valence-corrected chi connectivity index (χ0v) is 11.6. The maximum absolute atomic E-state index is 5.95. The summed E-state index contributed by atoms with van der Waals surface area (Å²) < 4.78 is 5.95. The minimum absolute atomic E-state index is 0.361. The standard InChI is InChI=1S/C9H24OSi2/c1-9(2)10-12(5,6)8-7-11(3)4/h9,11H,7-8H2,1-6H3. The predicted octanol–water partition coefficient (Wildman–Crippen LogP) is 3.10. The third kappa shape index (κ3) is 7.07. The summed E-state index contributed by atoms with van der Waals surface area (Å²) >= 11 is 0. The van der Waals surface area contributed by atoms with Gasteiger partial charge < -0.3 is 4.43 Å². The third-order valence-electron chi connectivity index (χ3n) is 1.88. The van der Waals surface area contributed by atoms with Gasteiger partial charge >= 0.3 is 0 Å². The fraction of sp³-hybridized carbons (Fsp3) is 1.00. The first-order valence-electron chi connectivity index (χ1n) is 5.01. The zero-order chi connectivity index (χ0) is 9.78. The Morgan fingerprint density at radius 1 is 1.25 bits per heavy atom. The minimum Gasteiger partial charge on any atom is -0.415 e. The number of rotatable bonds is 5. The lowest BCUT2D eigenvalue weighted by Crippen LogP contribution is -2.33. The van der Waals surface area contributed by atoms with Crippen molar-refractivity contribution in [2.45, 2.75) is 58.2 Å². The second-order valence-corrected chi connectivity index (χ2v) is 12.5. The maximum Gasteiger partial charge on any atom is 0.186 e. The van der Waals surface area contributed by atoms with E-state index < -0.39 is 8.32 Å². The first-order chi connectivity index (χ1) is 5.33. The van der Waals surface area contributed by atoms with Gasteiger partial charge in [0.15, 0.2) is 8.32 Å². The van der Waals surface area contributed by atoms with Crippen LogP contribution in [0.1, 0.15) is 13.8 Å².